The van der Waals surface area contributed by atoms with E-state index < -0.39 is 0 Å². The fourth-order valence-corrected chi connectivity index (χ4v) is 9.95. The van der Waals surface area contributed by atoms with Gasteiger partial charge in [-0.1, -0.05) is 103 Å². The topological polar surface area (TPSA) is 75.5 Å². The molecule has 60 heavy (non-hydrogen) atoms. The summed E-state index contributed by atoms with van der Waals surface area (Å²) < 4.78 is 13.1. The van der Waals surface area contributed by atoms with Gasteiger partial charge in [-0.2, -0.15) is 10.5 Å². The fourth-order valence-electron chi connectivity index (χ4n) is 9.95. The first-order valence-electron chi connectivity index (χ1n) is 20.0. The lowest BCUT2D eigenvalue weighted by Crippen LogP contribution is -2.04. The maximum atomic E-state index is 11.1. The zero-order chi connectivity index (χ0) is 39.6. The lowest BCUT2D eigenvalue weighted by Gasteiger charge is -2.16. The van der Waals surface area contributed by atoms with Crippen LogP contribution in [0.5, 0.6) is 0 Å². The van der Waals surface area contributed by atoms with Crippen molar-refractivity contribution in [1.29, 1.82) is 10.5 Å². The first-order chi connectivity index (χ1) is 29.7. The van der Waals surface area contributed by atoms with E-state index in [9.17, 15) is 10.5 Å². The molecule has 0 amide bonds. The number of para-hydroxylation sites is 4. The molecule has 0 aliphatic rings. The number of furan rings is 1. The molecule has 0 fully saturated rings. The van der Waals surface area contributed by atoms with E-state index in [1.165, 1.54) is 10.8 Å². The Labute approximate surface area is 341 Å². The molecular weight excluding hydrogens is 735 g/mol. The van der Waals surface area contributed by atoms with E-state index in [4.69, 9.17) is 4.42 Å². The molecule has 0 aliphatic heterocycles. The quantitative estimate of drug-likeness (QED) is 0.180. The Hall–Kier alpha value is -8.58. The van der Waals surface area contributed by atoms with Crippen LogP contribution in [-0.4, -0.2) is 13.7 Å². The molecule has 0 aliphatic carbocycles. The molecule has 4 heterocycles. The van der Waals surface area contributed by atoms with Gasteiger partial charge >= 0.3 is 0 Å². The van der Waals surface area contributed by atoms with Gasteiger partial charge in [0.2, 0.25) is 0 Å². The van der Waals surface area contributed by atoms with Crippen LogP contribution in [0.4, 0.5) is 0 Å². The summed E-state index contributed by atoms with van der Waals surface area (Å²) in [5.74, 6) is 0. The standard InChI is InChI=1S/C54H29N5O/c55-30-33-26-50(34(31-56)25-49(33)58-46-19-9-5-16-40(46)54-36-12-2-1-11-32(36)21-23-48(54)58)59-47-24-22-35(57-44-17-7-3-13-37(44)38-14-4-8-18-45(38)57)27-41(47)42-29-53-43(28-51(42)59)39-15-6-10-20-52(39)60-53/h1-29H. The average molecular weight is 764 g/mol. The van der Waals surface area contributed by atoms with Crippen molar-refractivity contribution in [2.75, 3.05) is 0 Å². The number of aromatic nitrogens is 3. The second-order valence-electron chi connectivity index (χ2n) is 15.5. The highest BCUT2D eigenvalue weighted by Crippen LogP contribution is 2.43. The predicted molar refractivity (Wildman–Crippen MR) is 244 cm³/mol. The van der Waals surface area contributed by atoms with Gasteiger partial charge in [0, 0.05) is 48.8 Å². The van der Waals surface area contributed by atoms with Gasteiger partial charge in [0.05, 0.1) is 55.6 Å². The second kappa shape index (κ2) is 12.0. The van der Waals surface area contributed by atoms with Gasteiger partial charge in [-0.25, -0.2) is 0 Å². The lowest BCUT2D eigenvalue weighted by molar-refractivity contribution is 0.669. The van der Waals surface area contributed by atoms with E-state index in [-0.39, 0.29) is 0 Å². The monoisotopic (exact) mass is 763 g/mol. The smallest absolute Gasteiger partial charge is 0.136 e. The highest BCUT2D eigenvalue weighted by Gasteiger charge is 2.23. The van der Waals surface area contributed by atoms with Crippen molar-refractivity contribution < 1.29 is 4.42 Å². The van der Waals surface area contributed by atoms with Crippen molar-refractivity contribution in [1.82, 2.24) is 13.7 Å². The van der Waals surface area contributed by atoms with Gasteiger partial charge in [-0.15, -0.1) is 0 Å². The van der Waals surface area contributed by atoms with Crippen molar-refractivity contribution in [3.63, 3.8) is 0 Å². The number of hydrogen-bond donors (Lipinski definition) is 0. The predicted octanol–water partition coefficient (Wildman–Crippen LogP) is 13.8. The first-order valence-corrected chi connectivity index (χ1v) is 20.0. The molecule has 9 aromatic carbocycles. The lowest BCUT2D eigenvalue weighted by atomic mass is 10.0. The van der Waals surface area contributed by atoms with E-state index >= 15 is 0 Å². The summed E-state index contributed by atoms with van der Waals surface area (Å²) in [6, 6.07) is 65.9. The Morgan fingerprint density at radius 1 is 0.350 bits per heavy atom. The van der Waals surface area contributed by atoms with E-state index in [1.54, 1.807) is 0 Å². The number of nitriles is 2. The fraction of sp³-hybridized carbons (Fsp3) is 0. The second-order valence-corrected chi connectivity index (χ2v) is 15.5. The van der Waals surface area contributed by atoms with Crippen LogP contribution < -0.4 is 0 Å². The Kier molecular flexibility index (Phi) is 6.48. The van der Waals surface area contributed by atoms with Crippen molar-refractivity contribution >= 4 is 98.1 Å². The molecule has 276 valence electrons. The molecule has 0 atom stereocenters. The molecule has 6 heteroatoms. The SMILES string of the molecule is N#Cc1cc(-n2c3ccccc3c3c4ccccc4ccc32)c(C#N)cc1-n1c2ccc(-n3c4ccccc4c4ccccc43)cc2c2cc3oc4ccccc4c3cc21. The molecule has 6 nitrogen and oxygen atoms in total. The third kappa shape index (κ3) is 4.29. The highest BCUT2D eigenvalue weighted by molar-refractivity contribution is 6.22. The maximum Gasteiger partial charge on any atom is 0.136 e. The summed E-state index contributed by atoms with van der Waals surface area (Å²) in [5.41, 5.74) is 10.9. The molecule has 0 N–H and O–H groups in total. The molecular formula is C54H29N5O. The van der Waals surface area contributed by atoms with Crippen LogP contribution in [-0.2, 0) is 0 Å². The van der Waals surface area contributed by atoms with Gasteiger partial charge in [0.1, 0.15) is 23.3 Å². The van der Waals surface area contributed by atoms with Crippen LogP contribution in [0.15, 0.2) is 180 Å². The van der Waals surface area contributed by atoms with E-state index in [0.717, 1.165) is 93.0 Å². The summed E-state index contributed by atoms with van der Waals surface area (Å²) in [4.78, 5) is 0. The molecule has 4 aromatic heterocycles. The molecule has 0 radical (unpaired) electrons. The average Bonchev–Trinajstić information content (AvgIpc) is 4.04. The van der Waals surface area contributed by atoms with E-state index in [0.29, 0.717) is 22.5 Å². The molecule has 0 saturated heterocycles. The van der Waals surface area contributed by atoms with Crippen LogP contribution in [0.2, 0.25) is 0 Å². The van der Waals surface area contributed by atoms with Crippen LogP contribution >= 0.6 is 0 Å². The van der Waals surface area contributed by atoms with Gasteiger partial charge in [-0.3, -0.25) is 0 Å². The molecule has 0 bridgehead atoms. The largest absolute Gasteiger partial charge is 0.456 e. The number of benzene rings is 9. The van der Waals surface area contributed by atoms with E-state index in [2.05, 4.69) is 165 Å². The molecule has 0 saturated carbocycles. The Bertz CT molecular complexity index is 4050. The number of rotatable bonds is 3. The number of fused-ring (bicyclic) bond motifs is 14. The van der Waals surface area contributed by atoms with Crippen LogP contribution in [0.1, 0.15) is 11.1 Å². The third-order valence-corrected chi connectivity index (χ3v) is 12.5. The number of nitrogens with zero attached hydrogens (tertiary/aromatic N) is 5. The van der Waals surface area contributed by atoms with Crippen LogP contribution in [0, 0.1) is 22.7 Å². The normalized spacial score (nSPS) is 12.0. The summed E-state index contributed by atoms with van der Waals surface area (Å²) in [7, 11) is 0. The molecule has 13 aromatic rings. The summed E-state index contributed by atoms with van der Waals surface area (Å²) in [6.07, 6.45) is 0. The molecule has 13 rings (SSSR count). The zero-order valence-electron chi connectivity index (χ0n) is 31.9. The summed E-state index contributed by atoms with van der Waals surface area (Å²) in [5, 5.41) is 33.0. The minimum absolute atomic E-state index is 0.457. The minimum Gasteiger partial charge on any atom is -0.456 e. The molecule has 0 spiro atoms. The third-order valence-electron chi connectivity index (χ3n) is 12.5. The van der Waals surface area contributed by atoms with E-state index in [1.807, 2.05) is 36.4 Å². The minimum atomic E-state index is 0.457. The van der Waals surface area contributed by atoms with Gasteiger partial charge in [0.15, 0.2) is 0 Å². The van der Waals surface area contributed by atoms with Gasteiger partial charge in [-0.05, 0) is 83.6 Å². The van der Waals surface area contributed by atoms with Gasteiger partial charge in [0.25, 0.3) is 0 Å². The number of hydrogen-bond acceptors (Lipinski definition) is 3. The molecule has 0 unspecified atom stereocenters. The zero-order valence-corrected chi connectivity index (χ0v) is 31.9. The first kappa shape index (κ1) is 32.5. The van der Waals surface area contributed by atoms with Crippen molar-refractivity contribution in [3.8, 4) is 29.2 Å². The maximum absolute atomic E-state index is 11.1. The Morgan fingerprint density at radius 3 is 1.58 bits per heavy atom. The summed E-state index contributed by atoms with van der Waals surface area (Å²) in [6.45, 7) is 0. The Morgan fingerprint density at radius 2 is 0.883 bits per heavy atom. The van der Waals surface area contributed by atoms with Crippen molar-refractivity contribution in [3.05, 3.63) is 187 Å². The van der Waals surface area contributed by atoms with Crippen molar-refractivity contribution in [2.45, 2.75) is 0 Å². The Balaban J connectivity index is 1.12. The van der Waals surface area contributed by atoms with Gasteiger partial charge < -0.3 is 18.1 Å². The van der Waals surface area contributed by atoms with Crippen LogP contribution in [0.25, 0.3) is 115 Å². The highest BCUT2D eigenvalue weighted by atomic mass is 16.3. The summed E-state index contributed by atoms with van der Waals surface area (Å²) >= 11 is 0. The van der Waals surface area contributed by atoms with Crippen LogP contribution in [0.3, 0.4) is 0 Å². The van der Waals surface area contributed by atoms with Crippen molar-refractivity contribution in [2.24, 2.45) is 0 Å².